The first-order chi connectivity index (χ1) is 17.5. The molecule has 8 heteroatoms. The second-order valence-electron chi connectivity index (χ2n) is 12.1. The van der Waals surface area contributed by atoms with Gasteiger partial charge in [0.15, 0.2) is 0 Å². The van der Waals surface area contributed by atoms with Crippen LogP contribution in [0.5, 0.6) is 0 Å². The number of nitrogens with one attached hydrogen (secondary N) is 1. The second-order valence-corrected chi connectivity index (χ2v) is 18.1. The molecule has 6 nitrogen and oxygen atoms in total. The van der Waals surface area contributed by atoms with Crippen LogP contribution in [0.25, 0.3) is 10.9 Å². The average molecular weight is 541 g/mol. The molecule has 1 N–H and O–H groups in total. The van der Waals surface area contributed by atoms with Crippen LogP contribution < -0.4 is 5.32 Å². The summed E-state index contributed by atoms with van der Waals surface area (Å²) in [7, 11) is 2.97. The van der Waals surface area contributed by atoms with Crippen molar-refractivity contribution >= 4 is 36.5 Å². The molecule has 0 radical (unpaired) electrons. The summed E-state index contributed by atoms with van der Waals surface area (Å²) in [6, 6.07) is 15.7. The Morgan fingerprint density at radius 2 is 2.00 bits per heavy atom. The molecule has 0 aliphatic heterocycles. The molecule has 1 amide bonds. The molecule has 1 saturated carbocycles. The van der Waals surface area contributed by atoms with Gasteiger partial charge in [-0.05, 0) is 56.2 Å². The van der Waals surface area contributed by atoms with Crippen LogP contribution >= 0.6 is 11.6 Å². The fourth-order valence-electron chi connectivity index (χ4n) is 4.85. The number of likely N-dealkylation sites (N-methyl/N-ethyl adjacent to an activating group) is 1. The number of amides is 1. The first-order valence-electron chi connectivity index (χ1n) is 13.2. The van der Waals surface area contributed by atoms with Crippen molar-refractivity contribution < 1.29 is 9.53 Å². The topological polar surface area (TPSA) is 59.4 Å². The van der Waals surface area contributed by atoms with Crippen molar-refractivity contribution in [1.29, 1.82) is 0 Å². The van der Waals surface area contributed by atoms with Crippen molar-refractivity contribution in [3.05, 3.63) is 64.8 Å². The van der Waals surface area contributed by atoms with Gasteiger partial charge in [-0.1, -0.05) is 68.5 Å². The lowest BCUT2D eigenvalue weighted by Gasteiger charge is -2.25. The van der Waals surface area contributed by atoms with Crippen LogP contribution in [0.3, 0.4) is 0 Å². The number of benzene rings is 2. The second kappa shape index (κ2) is 11.3. The van der Waals surface area contributed by atoms with Gasteiger partial charge >= 0.3 is 0 Å². The highest BCUT2D eigenvalue weighted by atomic mass is 35.5. The number of hydrogen-bond acceptors (Lipinski definition) is 4. The molecule has 37 heavy (non-hydrogen) atoms. The molecule has 1 aromatic heterocycles. The molecule has 200 valence electrons. The van der Waals surface area contributed by atoms with Gasteiger partial charge in [0.25, 0.3) is 0 Å². The lowest BCUT2D eigenvalue weighted by molar-refractivity contribution is -0.122. The summed E-state index contributed by atoms with van der Waals surface area (Å²) in [4.78, 5) is 15.2. The monoisotopic (exact) mass is 540 g/mol. The van der Waals surface area contributed by atoms with Gasteiger partial charge in [-0.3, -0.25) is 4.79 Å². The van der Waals surface area contributed by atoms with Crippen molar-refractivity contribution in [2.24, 2.45) is 5.92 Å². The third kappa shape index (κ3) is 6.82. The van der Waals surface area contributed by atoms with Gasteiger partial charge in [-0.25, -0.2) is 4.68 Å². The quantitative estimate of drug-likeness (QED) is 0.241. The summed E-state index contributed by atoms with van der Waals surface area (Å²) in [6.07, 6.45) is 3.51. The van der Waals surface area contributed by atoms with E-state index in [1.165, 1.54) is 5.56 Å². The summed E-state index contributed by atoms with van der Waals surface area (Å²) in [5.74, 6) is 0.159. The summed E-state index contributed by atoms with van der Waals surface area (Å²) in [6.45, 7) is 11.0. The molecular formula is C29H41ClN4O2Si. The first kappa shape index (κ1) is 27.8. The zero-order valence-electron chi connectivity index (χ0n) is 23.1. The summed E-state index contributed by atoms with van der Waals surface area (Å²) >= 11 is 6.75. The summed E-state index contributed by atoms with van der Waals surface area (Å²) in [5, 5.41) is 9.51. The fraction of sp³-hybridized carbons (Fsp3) is 0.517. The Morgan fingerprint density at radius 3 is 2.68 bits per heavy atom. The molecule has 0 saturated heterocycles. The van der Waals surface area contributed by atoms with E-state index in [-0.39, 0.29) is 23.3 Å². The number of fused-ring (bicyclic) bond motifs is 1. The largest absolute Gasteiger partial charge is 0.360 e. The maximum Gasteiger partial charge on any atom is 0.224 e. The van der Waals surface area contributed by atoms with Gasteiger partial charge in [-0.15, -0.1) is 0 Å². The molecule has 0 bridgehead atoms. The van der Waals surface area contributed by atoms with Gasteiger partial charge in [0.1, 0.15) is 6.73 Å². The van der Waals surface area contributed by atoms with Crippen molar-refractivity contribution in [1.82, 2.24) is 20.0 Å². The predicted molar refractivity (Wildman–Crippen MR) is 155 cm³/mol. The van der Waals surface area contributed by atoms with E-state index in [0.29, 0.717) is 18.3 Å². The van der Waals surface area contributed by atoms with Crippen molar-refractivity contribution in [3.63, 3.8) is 0 Å². The zero-order chi connectivity index (χ0) is 26.8. The molecule has 1 unspecified atom stereocenters. The Bertz CT molecular complexity index is 1220. The van der Waals surface area contributed by atoms with Crippen LogP contribution in [-0.2, 0) is 28.1 Å². The third-order valence-electron chi connectivity index (χ3n) is 7.70. The van der Waals surface area contributed by atoms with E-state index in [1.807, 2.05) is 49.2 Å². The van der Waals surface area contributed by atoms with Crippen LogP contribution in [0.4, 0.5) is 0 Å². The Hall–Kier alpha value is -2.19. The molecular weight excluding hydrogens is 500 g/mol. The highest BCUT2D eigenvalue weighted by molar-refractivity contribution is 6.76. The molecule has 1 aliphatic rings. The number of halogens is 1. The Kier molecular flexibility index (Phi) is 8.48. The number of carbonyl (C=O) groups is 1. The van der Waals surface area contributed by atoms with E-state index in [2.05, 4.69) is 60.1 Å². The molecule has 3 atom stereocenters. The molecule has 2 aromatic carbocycles. The molecule has 1 aliphatic carbocycles. The lowest BCUT2D eigenvalue weighted by atomic mass is 9.95. The number of carbonyl (C=O) groups excluding carboxylic acids is 1. The highest BCUT2D eigenvalue weighted by Gasteiger charge is 2.55. The van der Waals surface area contributed by atoms with E-state index >= 15 is 0 Å². The zero-order valence-corrected chi connectivity index (χ0v) is 24.8. The number of aromatic nitrogens is 2. The van der Waals surface area contributed by atoms with Crippen molar-refractivity contribution in [2.45, 2.75) is 63.6 Å². The third-order valence-corrected chi connectivity index (χ3v) is 9.76. The average Bonchev–Trinajstić information content (AvgIpc) is 3.41. The number of nitrogens with zero attached hydrogens (tertiary/aromatic N) is 3. The number of hydrogen-bond donors (Lipinski definition) is 1. The molecule has 0 spiro atoms. The summed E-state index contributed by atoms with van der Waals surface area (Å²) < 4.78 is 7.77. The van der Waals surface area contributed by atoms with Crippen LogP contribution in [0.2, 0.25) is 30.7 Å². The van der Waals surface area contributed by atoms with Gasteiger partial charge in [0.05, 0.1) is 11.7 Å². The van der Waals surface area contributed by atoms with E-state index in [0.717, 1.165) is 42.0 Å². The van der Waals surface area contributed by atoms with Crippen LogP contribution in [0.1, 0.15) is 24.5 Å². The molecule has 4 rings (SSSR count). The maximum absolute atomic E-state index is 13.0. The van der Waals surface area contributed by atoms with Gasteiger partial charge in [-0.2, -0.15) is 5.10 Å². The van der Waals surface area contributed by atoms with Crippen LogP contribution in [0, 0.1) is 5.92 Å². The number of rotatable bonds is 12. The number of ether oxygens (including phenoxy) is 1. The Morgan fingerprint density at radius 1 is 1.27 bits per heavy atom. The van der Waals surface area contributed by atoms with Gasteiger partial charge in [0, 0.05) is 49.0 Å². The predicted octanol–water partition coefficient (Wildman–Crippen LogP) is 5.57. The Balaban J connectivity index is 1.36. The molecule has 1 heterocycles. The van der Waals surface area contributed by atoms with Crippen molar-refractivity contribution in [2.75, 3.05) is 27.2 Å². The lowest BCUT2D eigenvalue weighted by Crippen LogP contribution is -2.42. The normalized spacial score (nSPS) is 20.4. The smallest absolute Gasteiger partial charge is 0.224 e. The first-order valence-corrected chi connectivity index (χ1v) is 17.3. The Labute approximate surface area is 227 Å². The minimum absolute atomic E-state index is 0.0245. The SMILES string of the molecule is CN(C)C(CNC(=O)[C@@H]1C[C@]1(C)c1ccccc1)Cc1cc2cnn(COCC[Si](C)(C)C)c2cc1Cl. The van der Waals surface area contributed by atoms with Gasteiger partial charge in [0.2, 0.25) is 5.91 Å². The van der Waals surface area contributed by atoms with Crippen molar-refractivity contribution in [3.8, 4) is 0 Å². The van der Waals surface area contributed by atoms with E-state index in [1.54, 1.807) is 0 Å². The van der Waals surface area contributed by atoms with Crippen LogP contribution in [0.15, 0.2) is 48.7 Å². The minimum atomic E-state index is -1.12. The fourth-order valence-corrected chi connectivity index (χ4v) is 5.85. The summed E-state index contributed by atoms with van der Waals surface area (Å²) in [5.41, 5.74) is 3.21. The highest BCUT2D eigenvalue weighted by Crippen LogP contribution is 2.53. The minimum Gasteiger partial charge on any atom is -0.360 e. The molecule has 1 fully saturated rings. The van der Waals surface area contributed by atoms with E-state index in [9.17, 15) is 4.79 Å². The van der Waals surface area contributed by atoms with E-state index < -0.39 is 8.07 Å². The maximum atomic E-state index is 13.0. The van der Waals surface area contributed by atoms with Crippen LogP contribution in [-0.4, -0.2) is 62.0 Å². The van der Waals surface area contributed by atoms with Gasteiger partial charge < -0.3 is 15.0 Å². The van der Waals surface area contributed by atoms with E-state index in [4.69, 9.17) is 16.3 Å². The standard InChI is InChI=1S/C29H41ClN4O2Si/c1-29(23-10-8-7-9-11-23)17-25(29)28(35)31-19-24(33(2)3)15-21-14-22-18-32-34(27(22)16-26(21)30)20-36-12-13-37(4,5)6/h7-11,14,16,18,24-25H,12-13,15,17,19-20H2,1-6H3,(H,31,35)/t24?,25-,29+/m0/s1. The molecule has 3 aromatic rings.